The lowest BCUT2D eigenvalue weighted by Gasteiger charge is -2.04. The van der Waals surface area contributed by atoms with Crippen molar-refractivity contribution >= 4 is 33.5 Å². The Labute approximate surface area is 128 Å². The van der Waals surface area contributed by atoms with Gasteiger partial charge in [0.25, 0.3) is 0 Å². The second kappa shape index (κ2) is 6.99. The molecule has 2 aromatic rings. The van der Waals surface area contributed by atoms with Crippen LogP contribution in [0.15, 0.2) is 51.8 Å². The first-order valence-corrected chi connectivity index (χ1v) is 7.66. The highest BCUT2D eigenvalue weighted by molar-refractivity contribution is 9.10. The highest BCUT2D eigenvalue weighted by Gasteiger charge is 2.10. The van der Waals surface area contributed by atoms with Crippen LogP contribution in [-0.4, -0.2) is 11.5 Å². The van der Waals surface area contributed by atoms with Crippen molar-refractivity contribution in [2.45, 2.75) is 11.3 Å². The van der Waals surface area contributed by atoms with Crippen LogP contribution in [0.1, 0.15) is 5.56 Å². The largest absolute Gasteiger partial charge is 0.298 e. The van der Waals surface area contributed by atoms with Gasteiger partial charge in [0.05, 0.1) is 5.75 Å². The number of carbonyl (C=O) groups excluding carboxylic acids is 1. The first-order chi connectivity index (χ1) is 9.54. The third-order valence-electron chi connectivity index (χ3n) is 2.59. The number of carbonyl (C=O) groups is 1. The summed E-state index contributed by atoms with van der Waals surface area (Å²) in [6.07, 6.45) is -0.0927. The summed E-state index contributed by atoms with van der Waals surface area (Å²) in [4.78, 5) is 12.8. The van der Waals surface area contributed by atoms with Crippen molar-refractivity contribution in [1.29, 1.82) is 0 Å². The smallest absolute Gasteiger partial charge is 0.147 e. The minimum Gasteiger partial charge on any atom is -0.298 e. The van der Waals surface area contributed by atoms with Gasteiger partial charge in [-0.1, -0.05) is 22.0 Å². The van der Waals surface area contributed by atoms with Gasteiger partial charge in [-0.2, -0.15) is 0 Å². The van der Waals surface area contributed by atoms with Gasteiger partial charge in [-0.25, -0.2) is 8.78 Å². The van der Waals surface area contributed by atoms with Crippen molar-refractivity contribution in [1.82, 2.24) is 0 Å². The third-order valence-corrected chi connectivity index (χ3v) is 4.14. The Morgan fingerprint density at radius 1 is 1.15 bits per heavy atom. The fourth-order valence-corrected chi connectivity index (χ4v) is 3.03. The van der Waals surface area contributed by atoms with E-state index >= 15 is 0 Å². The molecule has 0 aromatic heterocycles. The van der Waals surface area contributed by atoms with Crippen LogP contribution in [0, 0.1) is 11.6 Å². The zero-order valence-electron chi connectivity index (χ0n) is 10.4. The van der Waals surface area contributed by atoms with Crippen LogP contribution in [0.2, 0.25) is 0 Å². The summed E-state index contributed by atoms with van der Waals surface area (Å²) in [5.41, 5.74) is 0.102. The lowest BCUT2D eigenvalue weighted by Crippen LogP contribution is -2.07. The molecule has 2 rings (SSSR count). The summed E-state index contributed by atoms with van der Waals surface area (Å²) in [5, 5.41) is 0. The maximum Gasteiger partial charge on any atom is 0.147 e. The summed E-state index contributed by atoms with van der Waals surface area (Å²) >= 11 is 4.73. The zero-order chi connectivity index (χ0) is 14.5. The Morgan fingerprint density at radius 2 is 1.95 bits per heavy atom. The number of hydrogen-bond donors (Lipinski definition) is 0. The molecule has 0 saturated carbocycles. The maximum absolute atomic E-state index is 13.4. The molecule has 0 bridgehead atoms. The van der Waals surface area contributed by atoms with Gasteiger partial charge < -0.3 is 0 Å². The first kappa shape index (κ1) is 15.2. The molecule has 0 fully saturated rings. The van der Waals surface area contributed by atoms with E-state index in [2.05, 4.69) is 15.9 Å². The summed E-state index contributed by atoms with van der Waals surface area (Å²) in [6.45, 7) is 0. The monoisotopic (exact) mass is 356 g/mol. The Bertz CT molecular complexity index is 631. The predicted molar refractivity (Wildman–Crippen MR) is 79.9 cm³/mol. The van der Waals surface area contributed by atoms with Gasteiger partial charge in [-0.3, -0.25) is 4.79 Å². The molecule has 20 heavy (non-hydrogen) atoms. The second-order valence-electron chi connectivity index (χ2n) is 4.20. The third kappa shape index (κ3) is 4.42. The normalized spacial score (nSPS) is 10.6. The van der Waals surface area contributed by atoms with Crippen molar-refractivity contribution < 1.29 is 13.6 Å². The van der Waals surface area contributed by atoms with Crippen LogP contribution in [0.25, 0.3) is 0 Å². The highest BCUT2D eigenvalue weighted by Crippen LogP contribution is 2.22. The standard InChI is InChI=1S/C15H11BrF2OS/c16-11-2-1-3-14(8-11)20-9-13(19)7-10-6-12(17)4-5-15(10)18/h1-6,8H,7,9H2. The molecule has 0 heterocycles. The van der Waals surface area contributed by atoms with E-state index in [0.29, 0.717) is 0 Å². The van der Waals surface area contributed by atoms with Crippen LogP contribution < -0.4 is 0 Å². The number of benzene rings is 2. The number of thioether (sulfide) groups is 1. The van der Waals surface area contributed by atoms with E-state index in [9.17, 15) is 13.6 Å². The van der Waals surface area contributed by atoms with Crippen LogP contribution >= 0.6 is 27.7 Å². The van der Waals surface area contributed by atoms with E-state index < -0.39 is 11.6 Å². The molecule has 2 aromatic carbocycles. The Hall–Kier alpha value is -1.20. The van der Waals surface area contributed by atoms with Crippen LogP contribution in [0.4, 0.5) is 8.78 Å². The Morgan fingerprint density at radius 3 is 2.70 bits per heavy atom. The molecule has 0 saturated heterocycles. The van der Waals surface area contributed by atoms with Gasteiger partial charge in [0.1, 0.15) is 17.4 Å². The number of rotatable bonds is 5. The summed E-state index contributed by atoms with van der Waals surface area (Å²) < 4.78 is 27.4. The van der Waals surface area contributed by atoms with E-state index in [1.807, 2.05) is 24.3 Å². The number of Topliss-reactive ketones (excluding diaryl/α,β-unsaturated/α-hetero) is 1. The molecule has 0 aliphatic rings. The number of ketones is 1. The topological polar surface area (TPSA) is 17.1 Å². The summed E-state index contributed by atoms with van der Waals surface area (Å²) in [7, 11) is 0. The van der Waals surface area contributed by atoms with E-state index in [0.717, 1.165) is 27.6 Å². The van der Waals surface area contributed by atoms with Crippen LogP contribution in [0.3, 0.4) is 0 Å². The van der Waals surface area contributed by atoms with Gasteiger partial charge in [-0.05, 0) is 42.0 Å². The molecular formula is C15H11BrF2OS. The fraction of sp³-hybridized carbons (Fsp3) is 0.133. The maximum atomic E-state index is 13.4. The van der Waals surface area contributed by atoms with Crippen molar-refractivity contribution in [2.75, 3.05) is 5.75 Å². The quantitative estimate of drug-likeness (QED) is 0.726. The highest BCUT2D eigenvalue weighted by atomic mass is 79.9. The molecule has 0 atom stereocenters. The molecule has 1 nitrogen and oxygen atoms in total. The summed E-state index contributed by atoms with van der Waals surface area (Å²) in [5.74, 6) is -0.993. The average molecular weight is 357 g/mol. The van der Waals surface area contributed by atoms with Crippen molar-refractivity contribution in [3.8, 4) is 0 Å². The summed E-state index contributed by atoms with van der Waals surface area (Å²) in [6, 6.07) is 10.7. The molecule has 0 N–H and O–H groups in total. The fourth-order valence-electron chi connectivity index (χ4n) is 1.66. The van der Waals surface area contributed by atoms with Gasteiger partial charge in [0.15, 0.2) is 0 Å². The van der Waals surface area contributed by atoms with Gasteiger partial charge in [0.2, 0.25) is 0 Å². The molecule has 0 aliphatic heterocycles. The van der Waals surface area contributed by atoms with Crippen molar-refractivity contribution in [3.63, 3.8) is 0 Å². The number of halogens is 3. The Kier molecular flexibility index (Phi) is 5.31. The molecule has 0 radical (unpaired) electrons. The van der Waals surface area contributed by atoms with E-state index in [4.69, 9.17) is 0 Å². The van der Waals surface area contributed by atoms with Crippen molar-refractivity contribution in [2.24, 2.45) is 0 Å². The molecule has 5 heteroatoms. The molecule has 0 unspecified atom stereocenters. The van der Waals surface area contributed by atoms with Crippen LogP contribution in [-0.2, 0) is 11.2 Å². The SMILES string of the molecule is O=C(CSc1cccc(Br)c1)Cc1cc(F)ccc1F. The lowest BCUT2D eigenvalue weighted by molar-refractivity contribution is -0.116. The predicted octanol–water partition coefficient (Wildman–Crippen LogP) is 4.63. The number of hydrogen-bond acceptors (Lipinski definition) is 2. The van der Waals surface area contributed by atoms with E-state index in [-0.39, 0.29) is 23.5 Å². The van der Waals surface area contributed by atoms with Crippen LogP contribution in [0.5, 0.6) is 0 Å². The molecule has 0 spiro atoms. The molecule has 0 aliphatic carbocycles. The van der Waals surface area contributed by atoms with E-state index in [1.54, 1.807) is 0 Å². The Balaban J connectivity index is 1.94. The average Bonchev–Trinajstić information content (AvgIpc) is 2.41. The van der Waals surface area contributed by atoms with Gasteiger partial charge in [-0.15, -0.1) is 11.8 Å². The molecular weight excluding hydrogens is 346 g/mol. The molecule has 104 valence electrons. The first-order valence-electron chi connectivity index (χ1n) is 5.88. The van der Waals surface area contributed by atoms with Gasteiger partial charge in [0, 0.05) is 15.8 Å². The molecule has 0 amide bonds. The minimum atomic E-state index is -0.549. The minimum absolute atomic E-state index is 0.0927. The van der Waals surface area contributed by atoms with Gasteiger partial charge >= 0.3 is 0 Å². The van der Waals surface area contributed by atoms with E-state index in [1.165, 1.54) is 11.8 Å². The van der Waals surface area contributed by atoms with Crippen molar-refractivity contribution in [3.05, 3.63) is 64.1 Å². The second-order valence-corrected chi connectivity index (χ2v) is 6.16. The lowest BCUT2D eigenvalue weighted by atomic mass is 10.1. The zero-order valence-corrected chi connectivity index (χ0v) is 12.8.